The van der Waals surface area contributed by atoms with E-state index in [1.54, 1.807) is 31.2 Å². The third kappa shape index (κ3) is 8.09. The van der Waals surface area contributed by atoms with Crippen LogP contribution in [0.1, 0.15) is 45.4 Å². The molecule has 0 atom stereocenters. The van der Waals surface area contributed by atoms with Crippen LogP contribution in [-0.2, 0) is 4.79 Å². The summed E-state index contributed by atoms with van der Waals surface area (Å²) in [6.07, 6.45) is 1.16. The molecule has 0 radical (unpaired) electrons. The molecule has 4 nitrogen and oxygen atoms in total. The topological polar surface area (TPSA) is 58.2 Å². The van der Waals surface area contributed by atoms with E-state index in [0.717, 1.165) is 0 Å². The highest BCUT2D eigenvalue weighted by Gasteiger charge is 2.08. The number of benzene rings is 1. The van der Waals surface area contributed by atoms with Gasteiger partial charge in [0.2, 0.25) is 5.91 Å². The number of rotatable bonds is 8. The molecule has 6 heteroatoms. The molecular formula is C17H22F2N2O2. The summed E-state index contributed by atoms with van der Waals surface area (Å²) in [6, 6.07) is 8.23. The average Bonchev–Trinajstić information content (AvgIpc) is 2.51. The Kier molecular flexibility index (Phi) is 8.57. The van der Waals surface area contributed by atoms with Crippen LogP contribution in [-0.4, -0.2) is 11.9 Å². The minimum Gasteiger partial charge on any atom is -0.308 e. The van der Waals surface area contributed by atoms with E-state index in [1.807, 2.05) is 6.07 Å². The number of nitrogens with one attached hydrogen (secondary N) is 2. The Balaban J connectivity index is 2.17. The Morgan fingerprint density at radius 2 is 1.65 bits per heavy atom. The van der Waals surface area contributed by atoms with E-state index < -0.39 is 12.1 Å². The summed E-state index contributed by atoms with van der Waals surface area (Å²) in [6.45, 7) is 1.70. The summed E-state index contributed by atoms with van der Waals surface area (Å²) in [5.41, 5.74) is 0.779. The molecule has 1 rings (SSSR count). The number of carbonyl (C=O) groups excluding carboxylic acids is 2. The van der Waals surface area contributed by atoms with Gasteiger partial charge < -0.3 is 5.32 Å². The zero-order valence-corrected chi connectivity index (χ0v) is 13.2. The lowest BCUT2D eigenvalue weighted by molar-refractivity contribution is -0.120. The fourth-order valence-electron chi connectivity index (χ4n) is 2.08. The third-order valence-electron chi connectivity index (χ3n) is 3.36. The number of hydrogen-bond acceptors (Lipinski definition) is 2. The molecule has 0 bridgehead atoms. The SMILES string of the molecule is CCC(CCCCCC(=O)NC(=O)Nc1ccccc1)=C(F)F. The van der Waals surface area contributed by atoms with Gasteiger partial charge in [-0.3, -0.25) is 10.1 Å². The first kappa shape index (κ1) is 18.8. The van der Waals surface area contributed by atoms with Crippen molar-refractivity contribution in [3.05, 3.63) is 42.0 Å². The normalized spacial score (nSPS) is 10.0. The van der Waals surface area contributed by atoms with Gasteiger partial charge in [0.05, 0.1) is 0 Å². The van der Waals surface area contributed by atoms with E-state index in [1.165, 1.54) is 0 Å². The maximum Gasteiger partial charge on any atom is 0.325 e. The molecule has 126 valence electrons. The maximum atomic E-state index is 12.4. The molecular weight excluding hydrogens is 302 g/mol. The fourth-order valence-corrected chi connectivity index (χ4v) is 2.08. The second kappa shape index (κ2) is 10.5. The minimum absolute atomic E-state index is 0.177. The Labute approximate surface area is 135 Å². The molecule has 3 amide bonds. The first-order valence-corrected chi connectivity index (χ1v) is 7.71. The van der Waals surface area contributed by atoms with Crippen LogP contribution >= 0.6 is 0 Å². The van der Waals surface area contributed by atoms with E-state index in [9.17, 15) is 18.4 Å². The van der Waals surface area contributed by atoms with Gasteiger partial charge in [-0.1, -0.05) is 31.5 Å². The van der Waals surface area contributed by atoms with Crippen molar-refractivity contribution >= 4 is 17.6 Å². The second-order valence-electron chi connectivity index (χ2n) is 5.15. The van der Waals surface area contributed by atoms with E-state index in [-0.39, 0.29) is 17.9 Å². The average molecular weight is 324 g/mol. The smallest absolute Gasteiger partial charge is 0.308 e. The number of anilines is 1. The Hall–Kier alpha value is -2.24. The highest BCUT2D eigenvalue weighted by atomic mass is 19.3. The predicted octanol–water partition coefficient (Wildman–Crippen LogP) is 4.85. The van der Waals surface area contributed by atoms with Crippen molar-refractivity contribution in [1.82, 2.24) is 5.32 Å². The fraction of sp³-hybridized carbons (Fsp3) is 0.412. The summed E-state index contributed by atoms with van der Waals surface area (Å²) >= 11 is 0. The number of carbonyl (C=O) groups is 2. The van der Waals surface area contributed by atoms with Crippen LogP contribution in [0.5, 0.6) is 0 Å². The van der Waals surface area contributed by atoms with Crippen molar-refractivity contribution in [2.75, 3.05) is 5.32 Å². The molecule has 0 saturated carbocycles. The van der Waals surface area contributed by atoms with Gasteiger partial charge in [-0.2, -0.15) is 8.78 Å². The molecule has 1 aromatic carbocycles. The van der Waals surface area contributed by atoms with E-state index >= 15 is 0 Å². The van der Waals surface area contributed by atoms with E-state index in [0.29, 0.717) is 37.8 Å². The molecule has 0 aromatic heterocycles. The lowest BCUT2D eigenvalue weighted by Crippen LogP contribution is -2.34. The number of imide groups is 1. The second-order valence-corrected chi connectivity index (χ2v) is 5.15. The minimum atomic E-state index is -1.59. The number of halogens is 2. The predicted molar refractivity (Wildman–Crippen MR) is 86.2 cm³/mol. The van der Waals surface area contributed by atoms with Crippen molar-refractivity contribution in [3.63, 3.8) is 0 Å². The van der Waals surface area contributed by atoms with Crippen LogP contribution in [0, 0.1) is 0 Å². The molecule has 0 aliphatic carbocycles. The van der Waals surface area contributed by atoms with Crippen LogP contribution < -0.4 is 10.6 Å². The van der Waals surface area contributed by atoms with Crippen LogP contribution in [0.25, 0.3) is 0 Å². The van der Waals surface area contributed by atoms with Gasteiger partial charge in [-0.05, 0) is 43.4 Å². The number of hydrogen-bond donors (Lipinski definition) is 2. The largest absolute Gasteiger partial charge is 0.325 e. The zero-order chi connectivity index (χ0) is 17.1. The van der Waals surface area contributed by atoms with Gasteiger partial charge in [0.1, 0.15) is 0 Å². The van der Waals surface area contributed by atoms with Crippen LogP contribution in [0.3, 0.4) is 0 Å². The van der Waals surface area contributed by atoms with E-state index in [4.69, 9.17) is 0 Å². The molecule has 23 heavy (non-hydrogen) atoms. The summed E-state index contributed by atoms with van der Waals surface area (Å²) in [7, 11) is 0. The Morgan fingerprint density at radius 3 is 2.26 bits per heavy atom. The zero-order valence-electron chi connectivity index (χ0n) is 13.2. The van der Waals surface area contributed by atoms with Crippen molar-refractivity contribution in [2.24, 2.45) is 0 Å². The van der Waals surface area contributed by atoms with Gasteiger partial charge in [-0.25, -0.2) is 4.79 Å². The first-order chi connectivity index (χ1) is 11.0. The van der Waals surface area contributed by atoms with Crippen molar-refractivity contribution in [2.45, 2.75) is 45.4 Å². The van der Waals surface area contributed by atoms with Crippen molar-refractivity contribution in [1.29, 1.82) is 0 Å². The van der Waals surface area contributed by atoms with Crippen molar-refractivity contribution < 1.29 is 18.4 Å². The summed E-state index contributed by atoms with van der Waals surface area (Å²) in [5, 5.41) is 4.79. The molecule has 0 saturated heterocycles. The molecule has 0 heterocycles. The van der Waals surface area contributed by atoms with Crippen LogP contribution in [0.2, 0.25) is 0 Å². The monoisotopic (exact) mass is 324 g/mol. The van der Waals surface area contributed by atoms with Crippen LogP contribution in [0.4, 0.5) is 19.3 Å². The number of para-hydroxylation sites is 1. The van der Waals surface area contributed by atoms with Gasteiger partial charge in [0.15, 0.2) is 0 Å². The molecule has 0 spiro atoms. The quantitative estimate of drug-likeness (QED) is 0.672. The number of allylic oxidation sites excluding steroid dienone is 1. The summed E-state index contributed by atoms with van der Waals surface area (Å²) in [5.74, 6) is -0.374. The van der Waals surface area contributed by atoms with Gasteiger partial charge >= 0.3 is 6.03 Å². The van der Waals surface area contributed by atoms with Crippen LogP contribution in [0.15, 0.2) is 42.0 Å². The number of unbranched alkanes of at least 4 members (excludes halogenated alkanes) is 2. The standard InChI is InChI=1S/C17H22F2N2O2/c1-2-13(16(18)19)9-5-3-8-12-15(22)21-17(23)20-14-10-6-4-7-11-14/h4,6-7,10-11H,2-3,5,8-9,12H2,1H3,(H2,20,21,22,23). The highest BCUT2D eigenvalue weighted by molar-refractivity contribution is 6.01. The summed E-state index contributed by atoms with van der Waals surface area (Å²) < 4.78 is 24.9. The highest BCUT2D eigenvalue weighted by Crippen LogP contribution is 2.19. The van der Waals surface area contributed by atoms with Gasteiger partial charge in [0, 0.05) is 12.1 Å². The summed E-state index contributed by atoms with van der Waals surface area (Å²) in [4.78, 5) is 23.2. The molecule has 0 fully saturated rings. The molecule has 2 N–H and O–H groups in total. The lowest BCUT2D eigenvalue weighted by atomic mass is 10.1. The Morgan fingerprint density at radius 1 is 1.00 bits per heavy atom. The van der Waals surface area contributed by atoms with Gasteiger partial charge in [-0.15, -0.1) is 0 Å². The maximum absolute atomic E-state index is 12.4. The number of amides is 3. The molecule has 0 aliphatic heterocycles. The van der Waals surface area contributed by atoms with Crippen molar-refractivity contribution in [3.8, 4) is 0 Å². The third-order valence-corrected chi connectivity index (χ3v) is 3.36. The Bertz CT molecular complexity index is 541. The molecule has 0 aliphatic rings. The van der Waals surface area contributed by atoms with Gasteiger partial charge in [0.25, 0.3) is 6.08 Å². The molecule has 1 aromatic rings. The number of urea groups is 1. The molecule has 0 unspecified atom stereocenters. The lowest BCUT2D eigenvalue weighted by Gasteiger charge is -2.07. The first-order valence-electron chi connectivity index (χ1n) is 7.71. The van der Waals surface area contributed by atoms with E-state index in [2.05, 4.69) is 10.6 Å².